The lowest BCUT2D eigenvalue weighted by Crippen LogP contribution is -2.40. The van der Waals surface area contributed by atoms with Crippen LogP contribution < -0.4 is 14.8 Å². The Kier molecular flexibility index (Phi) is 4.60. The maximum absolute atomic E-state index is 6.29. The van der Waals surface area contributed by atoms with Crippen molar-refractivity contribution in [3.05, 3.63) is 22.7 Å². The summed E-state index contributed by atoms with van der Waals surface area (Å²) in [7, 11) is 0. The largest absolute Gasteiger partial charge is 0.486 e. The molecule has 0 saturated heterocycles. The first-order chi connectivity index (χ1) is 10.1. The summed E-state index contributed by atoms with van der Waals surface area (Å²) in [5.74, 6) is 2.99. The Balaban J connectivity index is 1.66. The number of benzene rings is 1. The van der Waals surface area contributed by atoms with Gasteiger partial charge in [-0.05, 0) is 36.0 Å². The van der Waals surface area contributed by atoms with Crippen LogP contribution in [0.4, 0.5) is 0 Å². The molecule has 3 atom stereocenters. The van der Waals surface area contributed by atoms with Crippen LogP contribution in [0.2, 0.25) is 5.02 Å². The van der Waals surface area contributed by atoms with Gasteiger partial charge in [-0.3, -0.25) is 0 Å². The van der Waals surface area contributed by atoms with E-state index >= 15 is 0 Å². The van der Waals surface area contributed by atoms with E-state index in [0.717, 1.165) is 29.7 Å². The van der Waals surface area contributed by atoms with Crippen molar-refractivity contribution in [2.75, 3.05) is 13.2 Å². The standard InChI is InChI=1S/C17H24ClNO2/c1-11-4-3-5-15(12(11)2)19-10-13-8-14(18)17-16(9-13)20-6-7-21-17/h8-9,11-12,15,19H,3-7,10H2,1-2H3. The summed E-state index contributed by atoms with van der Waals surface area (Å²) in [5, 5.41) is 4.34. The van der Waals surface area contributed by atoms with Crippen molar-refractivity contribution in [3.63, 3.8) is 0 Å². The monoisotopic (exact) mass is 309 g/mol. The van der Waals surface area contributed by atoms with E-state index in [9.17, 15) is 0 Å². The number of ether oxygens (including phenoxy) is 2. The predicted octanol–water partition coefficient (Wildman–Crippen LogP) is 4.03. The fraction of sp³-hybridized carbons (Fsp3) is 0.647. The van der Waals surface area contributed by atoms with Crippen molar-refractivity contribution in [2.24, 2.45) is 11.8 Å². The molecule has 0 aromatic heterocycles. The normalized spacial score (nSPS) is 28.4. The van der Waals surface area contributed by atoms with Crippen molar-refractivity contribution in [1.82, 2.24) is 5.32 Å². The van der Waals surface area contributed by atoms with Gasteiger partial charge in [0.25, 0.3) is 0 Å². The Hall–Kier alpha value is -0.930. The fourth-order valence-corrected chi connectivity index (χ4v) is 3.67. The van der Waals surface area contributed by atoms with Crippen LogP contribution in [0, 0.1) is 11.8 Å². The molecule has 116 valence electrons. The summed E-state index contributed by atoms with van der Waals surface area (Å²) in [6.07, 6.45) is 3.95. The van der Waals surface area contributed by atoms with Crippen LogP contribution in [0.5, 0.6) is 11.5 Å². The van der Waals surface area contributed by atoms with Gasteiger partial charge in [0.15, 0.2) is 11.5 Å². The van der Waals surface area contributed by atoms with Crippen LogP contribution in [0.25, 0.3) is 0 Å². The quantitative estimate of drug-likeness (QED) is 0.914. The Morgan fingerprint density at radius 2 is 2.00 bits per heavy atom. The number of rotatable bonds is 3. The van der Waals surface area contributed by atoms with Crippen molar-refractivity contribution >= 4 is 11.6 Å². The maximum Gasteiger partial charge on any atom is 0.179 e. The Bertz CT molecular complexity index is 506. The molecule has 0 amide bonds. The lowest BCUT2D eigenvalue weighted by atomic mass is 9.78. The molecule has 3 unspecified atom stereocenters. The van der Waals surface area contributed by atoms with E-state index in [4.69, 9.17) is 21.1 Å². The molecule has 3 rings (SSSR count). The van der Waals surface area contributed by atoms with Crippen LogP contribution in [0.1, 0.15) is 38.7 Å². The van der Waals surface area contributed by atoms with Gasteiger partial charge < -0.3 is 14.8 Å². The first kappa shape index (κ1) is 15.0. The molecule has 3 nitrogen and oxygen atoms in total. The second kappa shape index (κ2) is 6.45. The first-order valence-electron chi connectivity index (χ1n) is 7.96. The summed E-state index contributed by atoms with van der Waals surface area (Å²) in [6, 6.07) is 4.63. The topological polar surface area (TPSA) is 30.5 Å². The van der Waals surface area contributed by atoms with E-state index in [1.165, 1.54) is 19.3 Å². The Morgan fingerprint density at radius 3 is 2.86 bits per heavy atom. The van der Waals surface area contributed by atoms with Gasteiger partial charge in [0, 0.05) is 12.6 Å². The summed E-state index contributed by atoms with van der Waals surface area (Å²) >= 11 is 6.29. The number of halogens is 1. The minimum atomic E-state index is 0.571. The van der Waals surface area contributed by atoms with Crippen LogP contribution in [-0.4, -0.2) is 19.3 Å². The summed E-state index contributed by atoms with van der Waals surface area (Å²) in [6.45, 7) is 6.72. The van der Waals surface area contributed by atoms with Crippen LogP contribution in [0.15, 0.2) is 12.1 Å². The second-order valence-electron chi connectivity index (χ2n) is 6.36. The molecule has 1 heterocycles. The Labute approximate surface area is 132 Å². The predicted molar refractivity (Wildman–Crippen MR) is 85.2 cm³/mol. The number of hydrogen-bond acceptors (Lipinski definition) is 3. The van der Waals surface area contributed by atoms with Crippen molar-refractivity contribution < 1.29 is 9.47 Å². The molecule has 1 saturated carbocycles. The highest BCUT2D eigenvalue weighted by Crippen LogP contribution is 2.38. The zero-order valence-electron chi connectivity index (χ0n) is 12.8. The van der Waals surface area contributed by atoms with Gasteiger partial charge in [0.05, 0.1) is 5.02 Å². The summed E-state index contributed by atoms with van der Waals surface area (Å²) in [4.78, 5) is 0. The average molecular weight is 310 g/mol. The number of nitrogens with one attached hydrogen (secondary N) is 1. The minimum Gasteiger partial charge on any atom is -0.486 e. The van der Waals surface area contributed by atoms with Crippen LogP contribution >= 0.6 is 11.6 Å². The molecule has 4 heteroatoms. The molecule has 0 bridgehead atoms. The highest BCUT2D eigenvalue weighted by Gasteiger charge is 2.26. The molecule has 1 aliphatic carbocycles. The molecule has 0 spiro atoms. The van der Waals surface area contributed by atoms with Gasteiger partial charge in [0.1, 0.15) is 13.2 Å². The minimum absolute atomic E-state index is 0.571. The van der Waals surface area contributed by atoms with Gasteiger partial charge in [-0.2, -0.15) is 0 Å². The van der Waals surface area contributed by atoms with Crippen LogP contribution in [-0.2, 0) is 6.54 Å². The van der Waals surface area contributed by atoms with Gasteiger partial charge in [-0.1, -0.05) is 38.3 Å². The molecule has 0 radical (unpaired) electrons. The molecule has 1 aliphatic heterocycles. The Morgan fingerprint density at radius 1 is 1.19 bits per heavy atom. The smallest absolute Gasteiger partial charge is 0.179 e. The fourth-order valence-electron chi connectivity index (χ4n) is 3.39. The molecule has 2 aliphatic rings. The van der Waals surface area contributed by atoms with E-state index in [1.807, 2.05) is 12.1 Å². The SMILES string of the molecule is CC1CCCC(NCc2cc(Cl)c3c(c2)OCCO3)C1C. The van der Waals surface area contributed by atoms with E-state index in [-0.39, 0.29) is 0 Å². The number of fused-ring (bicyclic) bond motifs is 1. The zero-order chi connectivity index (χ0) is 14.8. The number of hydrogen-bond donors (Lipinski definition) is 1. The van der Waals surface area contributed by atoms with Gasteiger partial charge >= 0.3 is 0 Å². The van der Waals surface area contributed by atoms with Crippen LogP contribution in [0.3, 0.4) is 0 Å². The van der Waals surface area contributed by atoms with E-state index < -0.39 is 0 Å². The summed E-state index contributed by atoms with van der Waals surface area (Å²) < 4.78 is 11.2. The maximum atomic E-state index is 6.29. The van der Waals surface area contributed by atoms with Gasteiger partial charge in [-0.15, -0.1) is 0 Å². The lowest BCUT2D eigenvalue weighted by Gasteiger charge is -2.35. The van der Waals surface area contributed by atoms with Crippen molar-refractivity contribution in [3.8, 4) is 11.5 Å². The molecule has 1 aromatic rings. The molecule has 21 heavy (non-hydrogen) atoms. The van der Waals surface area contributed by atoms with Gasteiger partial charge in [0.2, 0.25) is 0 Å². The van der Waals surface area contributed by atoms with E-state index in [2.05, 4.69) is 19.2 Å². The van der Waals surface area contributed by atoms with Gasteiger partial charge in [-0.25, -0.2) is 0 Å². The second-order valence-corrected chi connectivity index (χ2v) is 6.76. The third-order valence-corrected chi connectivity index (χ3v) is 5.21. The van der Waals surface area contributed by atoms with Crippen molar-refractivity contribution in [1.29, 1.82) is 0 Å². The zero-order valence-corrected chi connectivity index (χ0v) is 13.6. The van der Waals surface area contributed by atoms with Crippen molar-refractivity contribution in [2.45, 2.75) is 45.7 Å². The molecule has 1 N–H and O–H groups in total. The molecular formula is C17H24ClNO2. The third-order valence-electron chi connectivity index (χ3n) is 4.93. The molecule has 1 fully saturated rings. The highest BCUT2D eigenvalue weighted by molar-refractivity contribution is 6.32. The first-order valence-corrected chi connectivity index (χ1v) is 8.34. The lowest BCUT2D eigenvalue weighted by molar-refractivity contribution is 0.171. The van der Waals surface area contributed by atoms with E-state index in [0.29, 0.717) is 30.0 Å². The average Bonchev–Trinajstić information content (AvgIpc) is 2.49. The molecule has 1 aromatic carbocycles. The summed E-state index contributed by atoms with van der Waals surface area (Å²) in [5.41, 5.74) is 1.16. The van der Waals surface area contributed by atoms with E-state index in [1.54, 1.807) is 0 Å². The highest BCUT2D eigenvalue weighted by atomic mass is 35.5. The molecular weight excluding hydrogens is 286 g/mol. The third kappa shape index (κ3) is 3.29.